The van der Waals surface area contributed by atoms with Crippen molar-refractivity contribution in [2.24, 2.45) is 0 Å². The molecule has 0 radical (unpaired) electrons. The minimum atomic E-state index is 0.0354. The summed E-state index contributed by atoms with van der Waals surface area (Å²) in [6.07, 6.45) is 0.973. The van der Waals surface area contributed by atoms with E-state index in [2.05, 4.69) is 50.4 Å². The molecule has 21 heavy (non-hydrogen) atoms. The summed E-state index contributed by atoms with van der Waals surface area (Å²) < 4.78 is 0. The zero-order valence-electron chi connectivity index (χ0n) is 12.8. The van der Waals surface area contributed by atoms with Gasteiger partial charge in [-0.1, -0.05) is 36.8 Å². The monoisotopic (exact) mass is 299 g/mol. The highest BCUT2D eigenvalue weighted by atomic mass is 32.2. The van der Waals surface area contributed by atoms with Gasteiger partial charge in [0.2, 0.25) is 5.91 Å². The first-order chi connectivity index (χ1) is 10.1. The maximum absolute atomic E-state index is 12.0. The summed E-state index contributed by atoms with van der Waals surface area (Å²) >= 11 is 1.58. The van der Waals surface area contributed by atoms with E-state index in [1.807, 2.05) is 18.2 Å². The van der Waals surface area contributed by atoms with Crippen molar-refractivity contribution in [3.8, 4) is 0 Å². The maximum Gasteiger partial charge on any atom is 0.234 e. The van der Waals surface area contributed by atoms with Crippen molar-refractivity contribution >= 4 is 23.4 Å². The van der Waals surface area contributed by atoms with E-state index in [1.54, 1.807) is 11.8 Å². The van der Waals surface area contributed by atoms with Gasteiger partial charge >= 0.3 is 0 Å². The van der Waals surface area contributed by atoms with Crippen molar-refractivity contribution in [1.29, 1.82) is 0 Å². The standard InChI is InChI=1S/C18H21NOS/c1-4-15-6-5-7-16(11-15)19-18(20)12-21-17-9-8-13(2)10-14(17)3/h5-11H,4,12H2,1-3H3,(H,19,20). The molecule has 0 unspecified atom stereocenters. The highest BCUT2D eigenvalue weighted by Gasteiger charge is 2.06. The van der Waals surface area contributed by atoms with Gasteiger partial charge in [-0.15, -0.1) is 11.8 Å². The second-order valence-corrected chi connectivity index (χ2v) is 6.18. The van der Waals surface area contributed by atoms with Gasteiger partial charge in [-0.25, -0.2) is 0 Å². The van der Waals surface area contributed by atoms with Crippen LogP contribution in [0.1, 0.15) is 23.6 Å². The van der Waals surface area contributed by atoms with Gasteiger partial charge in [0.1, 0.15) is 0 Å². The van der Waals surface area contributed by atoms with E-state index in [-0.39, 0.29) is 5.91 Å². The molecule has 0 aromatic heterocycles. The molecular formula is C18H21NOS. The van der Waals surface area contributed by atoms with Crippen LogP contribution < -0.4 is 5.32 Å². The van der Waals surface area contributed by atoms with Crippen molar-refractivity contribution in [1.82, 2.24) is 0 Å². The topological polar surface area (TPSA) is 29.1 Å². The quantitative estimate of drug-likeness (QED) is 0.818. The first-order valence-corrected chi connectivity index (χ1v) is 8.16. The fourth-order valence-corrected chi connectivity index (χ4v) is 2.98. The number of hydrogen-bond donors (Lipinski definition) is 1. The van der Waals surface area contributed by atoms with Crippen molar-refractivity contribution in [2.75, 3.05) is 11.1 Å². The molecule has 2 nitrogen and oxygen atoms in total. The molecule has 2 aromatic rings. The van der Waals surface area contributed by atoms with Gasteiger partial charge in [0.05, 0.1) is 5.75 Å². The molecule has 0 bridgehead atoms. The number of nitrogens with one attached hydrogen (secondary N) is 1. The molecule has 0 aliphatic rings. The van der Waals surface area contributed by atoms with Gasteiger partial charge in [-0.3, -0.25) is 4.79 Å². The van der Waals surface area contributed by atoms with Crippen LogP contribution in [0, 0.1) is 13.8 Å². The Balaban J connectivity index is 1.92. The van der Waals surface area contributed by atoms with E-state index < -0.39 is 0 Å². The van der Waals surface area contributed by atoms with E-state index in [4.69, 9.17) is 0 Å². The molecule has 1 N–H and O–H groups in total. The molecule has 110 valence electrons. The normalized spacial score (nSPS) is 10.4. The Hall–Kier alpha value is -1.74. The molecule has 0 saturated carbocycles. The van der Waals surface area contributed by atoms with Gasteiger partial charge in [-0.05, 0) is 49.6 Å². The van der Waals surface area contributed by atoms with Crippen molar-refractivity contribution in [3.05, 3.63) is 59.2 Å². The van der Waals surface area contributed by atoms with Crippen molar-refractivity contribution in [3.63, 3.8) is 0 Å². The lowest BCUT2D eigenvalue weighted by atomic mass is 10.1. The maximum atomic E-state index is 12.0. The zero-order chi connectivity index (χ0) is 15.2. The lowest BCUT2D eigenvalue weighted by molar-refractivity contribution is -0.113. The first kappa shape index (κ1) is 15.6. The lowest BCUT2D eigenvalue weighted by Crippen LogP contribution is -2.14. The number of benzene rings is 2. The van der Waals surface area contributed by atoms with Crippen molar-refractivity contribution < 1.29 is 4.79 Å². The molecular weight excluding hydrogens is 278 g/mol. The van der Waals surface area contributed by atoms with Crippen LogP contribution in [-0.4, -0.2) is 11.7 Å². The Bertz CT molecular complexity index is 637. The van der Waals surface area contributed by atoms with E-state index >= 15 is 0 Å². The third kappa shape index (κ3) is 4.64. The molecule has 0 aliphatic carbocycles. The first-order valence-electron chi connectivity index (χ1n) is 7.17. The Morgan fingerprint density at radius 2 is 1.95 bits per heavy atom. The summed E-state index contributed by atoms with van der Waals surface area (Å²) in [5.41, 5.74) is 4.58. The van der Waals surface area contributed by atoms with E-state index in [0.717, 1.165) is 17.0 Å². The third-order valence-electron chi connectivity index (χ3n) is 3.31. The molecule has 0 heterocycles. The van der Waals surface area contributed by atoms with Gasteiger partial charge in [0.15, 0.2) is 0 Å². The van der Waals surface area contributed by atoms with Crippen molar-refractivity contribution in [2.45, 2.75) is 32.1 Å². The summed E-state index contributed by atoms with van der Waals surface area (Å²) in [6.45, 7) is 6.27. The third-order valence-corrected chi connectivity index (χ3v) is 4.48. The number of amides is 1. The van der Waals surface area contributed by atoms with Gasteiger partial charge in [0, 0.05) is 10.6 Å². The van der Waals surface area contributed by atoms with E-state index in [0.29, 0.717) is 5.75 Å². The average molecular weight is 299 g/mol. The van der Waals surface area contributed by atoms with Crippen LogP contribution in [0.2, 0.25) is 0 Å². The summed E-state index contributed by atoms with van der Waals surface area (Å²) in [5, 5.41) is 2.96. The number of carbonyl (C=O) groups excluding carboxylic acids is 1. The SMILES string of the molecule is CCc1cccc(NC(=O)CSc2ccc(C)cc2C)c1. The van der Waals surface area contributed by atoms with Crippen LogP contribution in [0.25, 0.3) is 0 Å². The van der Waals surface area contributed by atoms with E-state index in [9.17, 15) is 4.79 Å². The van der Waals surface area contributed by atoms with Gasteiger partial charge in [0.25, 0.3) is 0 Å². The fraction of sp³-hybridized carbons (Fsp3) is 0.278. The molecule has 0 atom stereocenters. The Morgan fingerprint density at radius 3 is 2.67 bits per heavy atom. The predicted molar refractivity (Wildman–Crippen MR) is 91.1 cm³/mol. The molecule has 0 spiro atoms. The highest BCUT2D eigenvalue weighted by Crippen LogP contribution is 2.23. The van der Waals surface area contributed by atoms with Crippen LogP contribution in [0.15, 0.2) is 47.4 Å². The fourth-order valence-electron chi connectivity index (χ4n) is 2.17. The summed E-state index contributed by atoms with van der Waals surface area (Å²) in [7, 11) is 0. The van der Waals surface area contributed by atoms with Crippen LogP contribution in [0.5, 0.6) is 0 Å². The number of thioether (sulfide) groups is 1. The molecule has 2 rings (SSSR count). The predicted octanol–water partition coefficient (Wildman–Crippen LogP) is 4.60. The molecule has 0 aliphatic heterocycles. The minimum absolute atomic E-state index is 0.0354. The van der Waals surface area contributed by atoms with Crippen LogP contribution in [0.4, 0.5) is 5.69 Å². The van der Waals surface area contributed by atoms with Gasteiger partial charge in [-0.2, -0.15) is 0 Å². The second kappa shape index (κ2) is 7.32. The second-order valence-electron chi connectivity index (χ2n) is 5.16. The van der Waals surface area contributed by atoms with Crippen LogP contribution in [-0.2, 0) is 11.2 Å². The Kier molecular flexibility index (Phi) is 5.45. The smallest absolute Gasteiger partial charge is 0.234 e. The molecule has 1 amide bonds. The number of anilines is 1. The number of carbonyl (C=O) groups is 1. The molecule has 0 fully saturated rings. The average Bonchev–Trinajstić information content (AvgIpc) is 2.46. The summed E-state index contributed by atoms with van der Waals surface area (Å²) in [4.78, 5) is 13.2. The van der Waals surface area contributed by atoms with Gasteiger partial charge < -0.3 is 5.32 Å². The number of hydrogen-bond acceptors (Lipinski definition) is 2. The Labute approximate surface area is 131 Å². The number of rotatable bonds is 5. The largest absolute Gasteiger partial charge is 0.325 e. The molecule has 0 saturated heterocycles. The lowest BCUT2D eigenvalue weighted by Gasteiger charge is -2.08. The van der Waals surface area contributed by atoms with Crippen LogP contribution >= 0.6 is 11.8 Å². The molecule has 3 heteroatoms. The minimum Gasteiger partial charge on any atom is -0.325 e. The van der Waals surface area contributed by atoms with Crippen LogP contribution in [0.3, 0.4) is 0 Å². The summed E-state index contributed by atoms with van der Waals surface area (Å²) in [6, 6.07) is 14.3. The molecule has 2 aromatic carbocycles. The highest BCUT2D eigenvalue weighted by molar-refractivity contribution is 8.00. The summed E-state index contributed by atoms with van der Waals surface area (Å²) in [5.74, 6) is 0.466. The zero-order valence-corrected chi connectivity index (χ0v) is 13.6. The Morgan fingerprint density at radius 1 is 1.14 bits per heavy atom. The van der Waals surface area contributed by atoms with E-state index in [1.165, 1.54) is 16.7 Å². The number of aryl methyl sites for hydroxylation is 3.